The minimum atomic E-state index is -6.04. The molecule has 1 aromatic heterocycles. The Kier molecular flexibility index (Phi) is 7.02. The van der Waals surface area contributed by atoms with Crippen LogP contribution in [0.15, 0.2) is 77.0 Å². The molecule has 0 spiro atoms. The van der Waals surface area contributed by atoms with Crippen LogP contribution in [0.25, 0.3) is 11.1 Å². The summed E-state index contributed by atoms with van der Waals surface area (Å²) in [5.74, 6) is 0. The molecule has 0 aliphatic carbocycles. The van der Waals surface area contributed by atoms with E-state index in [-0.39, 0.29) is 16.3 Å². The van der Waals surface area contributed by atoms with Crippen LogP contribution in [-0.2, 0) is 0 Å². The number of alkyl halides is 6. The van der Waals surface area contributed by atoms with E-state index < -0.39 is 36.1 Å². The van der Waals surface area contributed by atoms with Gasteiger partial charge in [-0.15, -0.1) is 11.8 Å². The molecule has 4 rings (SSSR count). The fraction of sp³-hybridized carbons (Fsp3) is 0.250. The van der Waals surface area contributed by atoms with Gasteiger partial charge in [0.05, 0.1) is 22.5 Å². The van der Waals surface area contributed by atoms with Crippen molar-refractivity contribution >= 4 is 34.8 Å². The van der Waals surface area contributed by atoms with Gasteiger partial charge in [0.2, 0.25) is 0 Å². The van der Waals surface area contributed by atoms with Crippen molar-refractivity contribution in [2.24, 2.45) is 5.10 Å². The zero-order valence-electron chi connectivity index (χ0n) is 18.5. The van der Waals surface area contributed by atoms with Gasteiger partial charge < -0.3 is 5.11 Å². The van der Waals surface area contributed by atoms with Crippen LogP contribution in [0.1, 0.15) is 18.0 Å². The highest BCUT2D eigenvalue weighted by molar-refractivity contribution is 7.98. The summed E-state index contributed by atoms with van der Waals surface area (Å²) in [5.41, 5.74) is -4.58. The number of rotatable bonds is 5. The largest absolute Gasteiger partial charge is 0.431 e. The van der Waals surface area contributed by atoms with Crippen LogP contribution in [-0.4, -0.2) is 40.0 Å². The van der Waals surface area contributed by atoms with Crippen molar-refractivity contribution in [1.82, 2.24) is 4.98 Å². The molecule has 0 saturated carbocycles. The number of hydrogen-bond acceptors (Lipinski definition) is 5. The van der Waals surface area contributed by atoms with Gasteiger partial charge in [-0.25, -0.2) is 4.98 Å². The molecule has 1 aliphatic heterocycles. The molecule has 3 aromatic rings. The first-order chi connectivity index (χ1) is 16.9. The highest BCUT2D eigenvalue weighted by atomic mass is 35.5. The van der Waals surface area contributed by atoms with Crippen LogP contribution in [0, 0.1) is 0 Å². The minimum Gasteiger partial charge on any atom is -0.369 e. The van der Waals surface area contributed by atoms with Crippen molar-refractivity contribution < 1.29 is 31.4 Å². The molecule has 1 unspecified atom stereocenters. The van der Waals surface area contributed by atoms with E-state index in [0.29, 0.717) is 0 Å². The fourth-order valence-electron chi connectivity index (χ4n) is 3.92. The van der Waals surface area contributed by atoms with Crippen LogP contribution in [0.5, 0.6) is 0 Å². The average molecular weight is 546 g/mol. The van der Waals surface area contributed by atoms with Crippen LogP contribution in [0.4, 0.5) is 32.0 Å². The highest BCUT2D eigenvalue weighted by Gasteiger charge is 2.74. The zero-order valence-corrected chi connectivity index (χ0v) is 20.1. The number of hydrazone groups is 1. The molecular weight excluding hydrogens is 528 g/mol. The summed E-state index contributed by atoms with van der Waals surface area (Å²) in [6, 6.07) is 15.0. The van der Waals surface area contributed by atoms with E-state index >= 15 is 0 Å². The van der Waals surface area contributed by atoms with Gasteiger partial charge in [-0.3, -0.25) is 5.01 Å². The molecule has 0 bridgehead atoms. The first kappa shape index (κ1) is 26.3. The minimum absolute atomic E-state index is 0.142. The van der Waals surface area contributed by atoms with Crippen LogP contribution < -0.4 is 5.01 Å². The van der Waals surface area contributed by atoms with Crippen molar-refractivity contribution in [3.05, 3.63) is 77.4 Å². The van der Waals surface area contributed by atoms with E-state index in [0.717, 1.165) is 21.2 Å². The average Bonchev–Trinajstić information content (AvgIpc) is 3.28. The van der Waals surface area contributed by atoms with Gasteiger partial charge >= 0.3 is 12.4 Å². The number of pyridine rings is 1. The van der Waals surface area contributed by atoms with Crippen LogP contribution >= 0.6 is 23.4 Å². The van der Waals surface area contributed by atoms with Crippen molar-refractivity contribution in [2.45, 2.75) is 35.4 Å². The molecule has 1 aliphatic rings. The first-order valence-corrected chi connectivity index (χ1v) is 12.0. The lowest BCUT2D eigenvalue weighted by molar-refractivity contribution is -0.338. The Hall–Kier alpha value is -2.76. The van der Waals surface area contributed by atoms with E-state index in [2.05, 4.69) is 10.1 Å². The van der Waals surface area contributed by atoms with Gasteiger partial charge in [0.15, 0.2) is 0 Å². The van der Waals surface area contributed by atoms with Crippen molar-refractivity contribution in [3.8, 4) is 11.1 Å². The van der Waals surface area contributed by atoms with Crippen molar-refractivity contribution in [1.29, 1.82) is 0 Å². The lowest BCUT2D eigenvalue weighted by atomic mass is 9.90. The van der Waals surface area contributed by atoms with E-state index in [4.69, 9.17) is 11.6 Å². The van der Waals surface area contributed by atoms with Crippen LogP contribution in [0.3, 0.4) is 0 Å². The summed E-state index contributed by atoms with van der Waals surface area (Å²) in [6.07, 6.45) is -9.38. The number of halogens is 7. The lowest BCUT2D eigenvalue weighted by Gasteiger charge is -2.32. The van der Waals surface area contributed by atoms with Crippen molar-refractivity contribution in [3.63, 3.8) is 0 Å². The number of hydrogen-bond donors (Lipinski definition) is 1. The predicted octanol–water partition coefficient (Wildman–Crippen LogP) is 7.29. The molecule has 190 valence electrons. The number of aromatic nitrogens is 1. The molecule has 4 nitrogen and oxygen atoms in total. The SMILES string of the molecule is CSc1ccc(-c2ccc(N3N=C(C(O)(C(F)(F)F)C(F)(F)F)CC3c3ccccc3Cl)cc2)cn1. The molecule has 0 saturated heterocycles. The molecule has 0 fully saturated rings. The van der Waals surface area contributed by atoms with E-state index in [9.17, 15) is 31.4 Å². The topological polar surface area (TPSA) is 48.7 Å². The third-order valence-corrected chi connectivity index (χ3v) is 6.83. The summed E-state index contributed by atoms with van der Waals surface area (Å²) in [5, 5.41) is 15.6. The number of anilines is 1. The Morgan fingerprint density at radius 2 is 1.53 bits per heavy atom. The van der Waals surface area contributed by atoms with Crippen molar-refractivity contribution in [2.75, 3.05) is 11.3 Å². The molecule has 0 radical (unpaired) electrons. The smallest absolute Gasteiger partial charge is 0.369 e. The first-order valence-electron chi connectivity index (χ1n) is 10.4. The summed E-state index contributed by atoms with van der Waals surface area (Å²) in [7, 11) is 0. The number of thioether (sulfide) groups is 1. The van der Waals surface area contributed by atoms with Gasteiger partial charge in [0.1, 0.15) is 0 Å². The standard InChI is InChI=1S/C24H18ClF6N3OS/c1-36-21-11-8-15(13-32-21)14-6-9-16(10-7-14)34-19(17-4-2-3-5-18(17)25)12-20(33-34)22(35,23(26,27)28)24(29,30)31/h2-11,13,19,35H,12H2,1H3. The maximum atomic E-state index is 13.6. The Balaban J connectivity index is 1.78. The van der Waals surface area contributed by atoms with E-state index in [1.54, 1.807) is 30.5 Å². The van der Waals surface area contributed by atoms with Crippen LogP contribution in [0.2, 0.25) is 5.02 Å². The molecule has 2 heterocycles. The Labute approximate surface area is 211 Å². The highest BCUT2D eigenvalue weighted by Crippen LogP contribution is 2.49. The lowest BCUT2D eigenvalue weighted by Crippen LogP contribution is -2.62. The second kappa shape index (κ2) is 9.60. The molecule has 1 N–H and O–H groups in total. The second-order valence-electron chi connectivity index (χ2n) is 7.97. The third-order valence-electron chi connectivity index (χ3n) is 5.82. The van der Waals surface area contributed by atoms with Gasteiger partial charge in [-0.05, 0) is 41.6 Å². The van der Waals surface area contributed by atoms with E-state index in [1.165, 1.54) is 36.0 Å². The Morgan fingerprint density at radius 3 is 2.06 bits per heavy atom. The molecule has 12 heteroatoms. The summed E-state index contributed by atoms with van der Waals surface area (Å²) < 4.78 is 81.5. The molecule has 0 amide bonds. The van der Waals surface area contributed by atoms with Gasteiger partial charge in [0.25, 0.3) is 5.60 Å². The Bertz CT molecular complexity index is 1250. The van der Waals surface area contributed by atoms with Gasteiger partial charge in [0, 0.05) is 23.2 Å². The number of nitrogens with zero attached hydrogens (tertiary/aromatic N) is 3. The molecule has 36 heavy (non-hydrogen) atoms. The van der Waals surface area contributed by atoms with E-state index in [1.807, 2.05) is 18.4 Å². The normalized spacial score (nSPS) is 16.9. The predicted molar refractivity (Wildman–Crippen MR) is 127 cm³/mol. The maximum Gasteiger partial charge on any atom is 0.431 e. The summed E-state index contributed by atoms with van der Waals surface area (Å²) in [6.45, 7) is 0. The quantitative estimate of drug-likeness (QED) is 0.270. The molecule has 2 aromatic carbocycles. The summed E-state index contributed by atoms with van der Waals surface area (Å²) >= 11 is 7.71. The number of aliphatic hydroxyl groups is 1. The summed E-state index contributed by atoms with van der Waals surface area (Å²) in [4.78, 5) is 4.29. The second-order valence-corrected chi connectivity index (χ2v) is 9.21. The molecular formula is C24H18ClF6N3OS. The maximum absolute atomic E-state index is 13.6. The van der Waals surface area contributed by atoms with Gasteiger partial charge in [-0.1, -0.05) is 48.0 Å². The third kappa shape index (κ3) is 4.67. The van der Waals surface area contributed by atoms with Gasteiger partial charge in [-0.2, -0.15) is 31.4 Å². The fourth-order valence-corrected chi connectivity index (χ4v) is 4.55. The monoisotopic (exact) mass is 545 g/mol. The Morgan fingerprint density at radius 1 is 0.917 bits per heavy atom. The molecule has 1 atom stereocenters. The zero-order chi connectivity index (χ0) is 26.3. The number of benzene rings is 2.